The van der Waals surface area contributed by atoms with Gasteiger partial charge in [0.2, 0.25) is 5.95 Å². The third-order valence-corrected chi connectivity index (χ3v) is 4.90. The lowest BCUT2D eigenvalue weighted by Gasteiger charge is -2.12. The normalized spacial score (nSPS) is 12.1. The van der Waals surface area contributed by atoms with E-state index in [1.54, 1.807) is 24.3 Å². The van der Waals surface area contributed by atoms with Gasteiger partial charge in [-0.1, -0.05) is 76.8 Å². The lowest BCUT2D eigenvalue weighted by molar-refractivity contribution is 0.207. The van der Waals surface area contributed by atoms with Crippen LogP contribution in [0.15, 0.2) is 36.7 Å². The predicted molar refractivity (Wildman–Crippen MR) is 110 cm³/mol. The van der Waals surface area contributed by atoms with E-state index in [1.165, 1.54) is 70.2 Å². The van der Waals surface area contributed by atoms with Gasteiger partial charge >= 0.3 is 0 Å². The van der Waals surface area contributed by atoms with Gasteiger partial charge in [-0.05, 0) is 24.1 Å². The molecule has 0 spiro atoms. The molecule has 1 heterocycles. The fourth-order valence-corrected chi connectivity index (χ4v) is 3.20. The Bertz CT molecular complexity index is 664. The quantitative estimate of drug-likeness (QED) is 0.403. The molecule has 1 atom stereocenters. The summed E-state index contributed by atoms with van der Waals surface area (Å²) in [4.78, 5) is 7.39. The number of aliphatic hydroxyl groups excluding tert-OH is 1. The molecule has 0 saturated heterocycles. The molecule has 0 aliphatic carbocycles. The van der Waals surface area contributed by atoms with Crippen molar-refractivity contribution < 1.29 is 14.2 Å². The summed E-state index contributed by atoms with van der Waals surface area (Å²) >= 11 is 0. The van der Waals surface area contributed by atoms with Crippen molar-refractivity contribution in [3.63, 3.8) is 0 Å². The Morgan fingerprint density at radius 1 is 0.857 bits per heavy atom. The highest BCUT2D eigenvalue weighted by Crippen LogP contribution is 2.23. The van der Waals surface area contributed by atoms with Crippen molar-refractivity contribution in [2.24, 2.45) is 0 Å². The first-order chi connectivity index (χ1) is 13.7. The van der Waals surface area contributed by atoms with E-state index in [1.807, 2.05) is 0 Å². The summed E-state index contributed by atoms with van der Waals surface area (Å²) in [6.45, 7) is 2.94. The molecule has 154 valence electrons. The lowest BCUT2D eigenvalue weighted by atomic mass is 10.1. The number of nitrogens with zero attached hydrogens (tertiary/aromatic N) is 2. The third kappa shape index (κ3) is 7.93. The molecule has 0 fully saturated rings. The summed E-state index contributed by atoms with van der Waals surface area (Å²) in [7, 11) is 0. The van der Waals surface area contributed by atoms with Crippen molar-refractivity contribution in [2.45, 2.75) is 77.2 Å². The summed E-state index contributed by atoms with van der Waals surface area (Å²) < 4.78 is 19.4. The number of unbranched alkanes of at least 4 members (excludes halogenated alkanes) is 9. The van der Waals surface area contributed by atoms with Crippen LogP contribution >= 0.6 is 0 Å². The van der Waals surface area contributed by atoms with Gasteiger partial charge in [0.05, 0.1) is 6.61 Å². The number of benzene rings is 1. The van der Waals surface area contributed by atoms with Gasteiger partial charge in [-0.2, -0.15) is 4.39 Å². The Labute approximate surface area is 168 Å². The number of aromatic nitrogens is 2. The van der Waals surface area contributed by atoms with Crippen LogP contribution in [0.5, 0.6) is 5.75 Å². The van der Waals surface area contributed by atoms with Crippen LogP contribution in [-0.2, 0) is 0 Å². The smallest absolute Gasteiger partial charge is 0.237 e. The Morgan fingerprint density at radius 2 is 1.43 bits per heavy atom. The number of halogens is 1. The zero-order valence-electron chi connectivity index (χ0n) is 16.9. The first-order valence-corrected chi connectivity index (χ1v) is 10.6. The van der Waals surface area contributed by atoms with E-state index in [-0.39, 0.29) is 5.69 Å². The molecular formula is C23H33FN2O2. The van der Waals surface area contributed by atoms with Crippen molar-refractivity contribution >= 4 is 0 Å². The Balaban J connectivity index is 1.60. The van der Waals surface area contributed by atoms with Gasteiger partial charge in [0.15, 0.2) is 0 Å². The molecule has 1 unspecified atom stereocenters. The van der Waals surface area contributed by atoms with E-state index >= 15 is 0 Å². The van der Waals surface area contributed by atoms with E-state index in [4.69, 9.17) is 4.74 Å². The van der Waals surface area contributed by atoms with Crippen LogP contribution < -0.4 is 4.74 Å². The van der Waals surface area contributed by atoms with Crippen LogP contribution in [0.2, 0.25) is 0 Å². The maximum absolute atomic E-state index is 13.6. The van der Waals surface area contributed by atoms with E-state index in [0.717, 1.165) is 12.2 Å². The van der Waals surface area contributed by atoms with Gasteiger partial charge in [-0.15, -0.1) is 0 Å². The Hall–Kier alpha value is -2.01. The summed E-state index contributed by atoms with van der Waals surface area (Å²) in [5.41, 5.74) is 0.493. The van der Waals surface area contributed by atoms with E-state index in [0.29, 0.717) is 12.2 Å². The number of aliphatic hydroxyl groups is 1. The van der Waals surface area contributed by atoms with Crippen LogP contribution in [0.1, 0.15) is 88.5 Å². The number of hydrogen-bond acceptors (Lipinski definition) is 4. The van der Waals surface area contributed by atoms with Gasteiger partial charge in [0.25, 0.3) is 0 Å². The van der Waals surface area contributed by atoms with E-state index in [9.17, 15) is 9.50 Å². The number of ether oxygens (including phenoxy) is 1. The standard InChI is InChI=1S/C23H33FN2O2/c1-2-3-4-5-6-7-8-9-10-11-18-28-20-14-12-19(13-15-20)22(27)21-23(24)26-17-16-25-21/h12-17,22,27H,2-11,18H2,1H3. The predicted octanol–water partition coefficient (Wildman–Crippen LogP) is 6.00. The zero-order valence-corrected chi connectivity index (χ0v) is 16.9. The molecule has 1 N–H and O–H groups in total. The van der Waals surface area contributed by atoms with Crippen molar-refractivity contribution in [1.29, 1.82) is 0 Å². The molecule has 0 saturated carbocycles. The molecule has 1 aromatic carbocycles. The van der Waals surface area contributed by atoms with Gasteiger partial charge in [-0.25, -0.2) is 4.98 Å². The van der Waals surface area contributed by atoms with Crippen molar-refractivity contribution in [2.75, 3.05) is 6.61 Å². The number of rotatable bonds is 14. The molecule has 0 aliphatic heterocycles. The molecule has 4 nitrogen and oxygen atoms in total. The Morgan fingerprint density at radius 3 is 2.04 bits per heavy atom. The number of hydrogen-bond donors (Lipinski definition) is 1. The van der Waals surface area contributed by atoms with Gasteiger partial charge in [0, 0.05) is 12.4 Å². The zero-order chi connectivity index (χ0) is 20.0. The van der Waals surface area contributed by atoms with Crippen LogP contribution in [-0.4, -0.2) is 21.7 Å². The fourth-order valence-electron chi connectivity index (χ4n) is 3.20. The average molecular weight is 389 g/mol. The molecule has 2 rings (SSSR count). The maximum Gasteiger partial charge on any atom is 0.237 e. The second-order valence-corrected chi connectivity index (χ2v) is 7.23. The molecule has 0 bridgehead atoms. The molecule has 0 radical (unpaired) electrons. The van der Waals surface area contributed by atoms with E-state index < -0.39 is 12.1 Å². The molecule has 0 amide bonds. The van der Waals surface area contributed by atoms with Crippen LogP contribution in [0.4, 0.5) is 4.39 Å². The molecule has 1 aromatic heterocycles. The van der Waals surface area contributed by atoms with Crippen LogP contribution in [0, 0.1) is 5.95 Å². The lowest BCUT2D eigenvalue weighted by Crippen LogP contribution is -2.06. The first kappa shape index (κ1) is 22.3. The second-order valence-electron chi connectivity index (χ2n) is 7.23. The minimum atomic E-state index is -1.13. The molecular weight excluding hydrogens is 355 g/mol. The maximum atomic E-state index is 13.6. The monoisotopic (exact) mass is 388 g/mol. The molecule has 28 heavy (non-hydrogen) atoms. The van der Waals surface area contributed by atoms with Gasteiger partial charge in [-0.3, -0.25) is 4.98 Å². The molecule has 5 heteroatoms. The van der Waals surface area contributed by atoms with Crippen LogP contribution in [0.3, 0.4) is 0 Å². The highest BCUT2D eigenvalue weighted by molar-refractivity contribution is 5.31. The summed E-state index contributed by atoms with van der Waals surface area (Å²) in [5, 5.41) is 10.3. The van der Waals surface area contributed by atoms with Crippen molar-refractivity contribution in [3.8, 4) is 5.75 Å². The molecule has 0 aliphatic rings. The summed E-state index contributed by atoms with van der Waals surface area (Å²) in [6, 6.07) is 7.05. The average Bonchev–Trinajstić information content (AvgIpc) is 2.72. The van der Waals surface area contributed by atoms with E-state index in [2.05, 4.69) is 16.9 Å². The SMILES string of the molecule is CCCCCCCCCCCCOc1ccc(C(O)c2nccnc2F)cc1. The van der Waals surface area contributed by atoms with Crippen molar-refractivity contribution in [1.82, 2.24) is 9.97 Å². The van der Waals surface area contributed by atoms with Gasteiger partial charge in [0.1, 0.15) is 17.5 Å². The molecule has 2 aromatic rings. The third-order valence-electron chi connectivity index (χ3n) is 4.90. The topological polar surface area (TPSA) is 55.2 Å². The Kier molecular flexibility index (Phi) is 10.5. The highest BCUT2D eigenvalue weighted by atomic mass is 19.1. The minimum Gasteiger partial charge on any atom is -0.494 e. The highest BCUT2D eigenvalue weighted by Gasteiger charge is 2.17. The second kappa shape index (κ2) is 13.2. The fraction of sp³-hybridized carbons (Fsp3) is 0.565. The summed E-state index contributed by atoms with van der Waals surface area (Å²) in [6.07, 6.45) is 14.5. The van der Waals surface area contributed by atoms with Gasteiger partial charge < -0.3 is 9.84 Å². The largest absolute Gasteiger partial charge is 0.494 e. The van der Waals surface area contributed by atoms with Crippen molar-refractivity contribution in [3.05, 3.63) is 53.9 Å². The summed E-state index contributed by atoms with van der Waals surface area (Å²) in [5.74, 6) is 0.00257. The first-order valence-electron chi connectivity index (χ1n) is 10.6. The minimum absolute atomic E-state index is 0.0680. The van der Waals surface area contributed by atoms with Crippen LogP contribution in [0.25, 0.3) is 0 Å².